The molecule has 0 unspecified atom stereocenters. The summed E-state index contributed by atoms with van der Waals surface area (Å²) >= 11 is 1.53. The van der Waals surface area contributed by atoms with Crippen LogP contribution in [0.5, 0.6) is 0 Å². The van der Waals surface area contributed by atoms with Gasteiger partial charge in [0.25, 0.3) is 0 Å². The minimum atomic E-state index is -0.346. The van der Waals surface area contributed by atoms with Crippen LogP contribution in [0.1, 0.15) is 16.9 Å². The lowest BCUT2D eigenvalue weighted by Crippen LogP contribution is -1.96. The highest BCUT2D eigenvalue weighted by Crippen LogP contribution is 2.32. The minimum Gasteiger partial charge on any atom is -0.344 e. The number of aromatic nitrogens is 3. The molecule has 7 heteroatoms. The molecule has 3 aromatic heterocycles. The van der Waals surface area contributed by atoms with Crippen molar-refractivity contribution < 1.29 is 9.47 Å². The quantitative estimate of drug-likeness (QED) is 0.781. The number of thiazole rings is 1. The molecule has 0 atom stereocenters. The van der Waals surface area contributed by atoms with Crippen molar-refractivity contribution in [2.24, 2.45) is 0 Å². The Morgan fingerprint density at radius 3 is 2.83 bits per heavy atom. The lowest BCUT2D eigenvalue weighted by Gasteiger charge is -2.06. The van der Waals surface area contributed by atoms with Gasteiger partial charge in [-0.1, -0.05) is 6.07 Å². The Kier molecular flexibility index (Phi) is 4.20. The zero-order chi connectivity index (χ0) is 16.4. The molecule has 24 heavy (non-hydrogen) atoms. The second kappa shape index (κ2) is 6.64. The molecule has 4 rings (SSSR count). The van der Waals surface area contributed by atoms with Gasteiger partial charge in [0, 0.05) is 12.4 Å². The highest BCUT2D eigenvalue weighted by molar-refractivity contribution is 7.15. The number of anilines is 2. The van der Waals surface area contributed by atoms with Gasteiger partial charge in [-0.05, 0) is 36.8 Å². The Hall–Kier alpha value is -2.35. The average Bonchev–Trinajstić information content (AvgIpc) is 3.27. The first-order valence-electron chi connectivity index (χ1n) is 7.64. The van der Waals surface area contributed by atoms with Crippen LogP contribution in [0.25, 0.3) is 10.6 Å². The topological polar surface area (TPSA) is 69.2 Å². The van der Waals surface area contributed by atoms with Crippen LogP contribution in [0.2, 0.25) is 0 Å². The standard InChI is InChI=1S/C17H16N4O2S/c1-11-5-6-18-15(9-11)21-14-4-2-3-12(20-14)13-10-19-16(24-13)17-22-7-8-23-17/h2-6,9-10,17H,7-8H2,1H3,(H,18,20,21). The first-order valence-corrected chi connectivity index (χ1v) is 8.46. The second-order valence-corrected chi connectivity index (χ2v) is 6.45. The fourth-order valence-electron chi connectivity index (χ4n) is 2.39. The molecule has 0 aliphatic carbocycles. The van der Waals surface area contributed by atoms with E-state index in [1.165, 1.54) is 11.3 Å². The lowest BCUT2D eigenvalue weighted by atomic mass is 10.3. The smallest absolute Gasteiger partial charge is 0.211 e. The van der Waals surface area contributed by atoms with Gasteiger partial charge in [-0.25, -0.2) is 15.0 Å². The maximum atomic E-state index is 5.49. The van der Waals surface area contributed by atoms with E-state index in [9.17, 15) is 0 Å². The zero-order valence-electron chi connectivity index (χ0n) is 13.1. The third kappa shape index (κ3) is 3.28. The van der Waals surface area contributed by atoms with Crippen LogP contribution in [-0.4, -0.2) is 28.2 Å². The summed E-state index contributed by atoms with van der Waals surface area (Å²) < 4.78 is 11.0. The second-order valence-electron chi connectivity index (χ2n) is 5.39. The van der Waals surface area contributed by atoms with Crippen LogP contribution in [0.3, 0.4) is 0 Å². The summed E-state index contributed by atoms with van der Waals surface area (Å²) in [5.41, 5.74) is 2.00. The van der Waals surface area contributed by atoms with Crippen molar-refractivity contribution in [1.82, 2.24) is 15.0 Å². The molecule has 0 amide bonds. The third-order valence-electron chi connectivity index (χ3n) is 3.52. The van der Waals surface area contributed by atoms with E-state index in [2.05, 4.69) is 20.3 Å². The summed E-state index contributed by atoms with van der Waals surface area (Å²) in [5.74, 6) is 1.52. The lowest BCUT2D eigenvalue weighted by molar-refractivity contribution is -0.0442. The molecular weight excluding hydrogens is 324 g/mol. The maximum Gasteiger partial charge on any atom is 0.211 e. The van der Waals surface area contributed by atoms with Crippen LogP contribution in [-0.2, 0) is 9.47 Å². The predicted octanol–water partition coefficient (Wildman–Crippen LogP) is 3.70. The minimum absolute atomic E-state index is 0.346. The summed E-state index contributed by atoms with van der Waals surface area (Å²) in [6.07, 6.45) is 3.24. The fourth-order valence-corrected chi connectivity index (χ4v) is 3.28. The summed E-state index contributed by atoms with van der Waals surface area (Å²) in [6, 6.07) is 9.78. The first kappa shape index (κ1) is 15.2. The van der Waals surface area contributed by atoms with Crippen molar-refractivity contribution in [3.8, 4) is 10.6 Å². The van der Waals surface area contributed by atoms with Gasteiger partial charge in [0.05, 0.1) is 23.8 Å². The maximum absolute atomic E-state index is 5.49. The average molecular weight is 340 g/mol. The van der Waals surface area contributed by atoms with E-state index in [0.29, 0.717) is 13.2 Å². The Morgan fingerprint density at radius 2 is 2.00 bits per heavy atom. The number of rotatable bonds is 4. The molecule has 1 aliphatic heterocycles. The van der Waals surface area contributed by atoms with Crippen molar-refractivity contribution in [3.05, 3.63) is 53.3 Å². The molecule has 1 N–H and O–H groups in total. The van der Waals surface area contributed by atoms with Gasteiger partial charge in [0.1, 0.15) is 16.6 Å². The molecule has 1 saturated heterocycles. The molecule has 1 fully saturated rings. The summed E-state index contributed by atoms with van der Waals surface area (Å²) in [5, 5.41) is 4.05. The molecule has 0 aromatic carbocycles. The Labute approximate surface area is 143 Å². The molecule has 4 heterocycles. The number of pyridine rings is 2. The van der Waals surface area contributed by atoms with Gasteiger partial charge in [-0.3, -0.25) is 0 Å². The van der Waals surface area contributed by atoms with Crippen LogP contribution in [0, 0.1) is 6.92 Å². The number of ether oxygens (including phenoxy) is 2. The molecular formula is C17H16N4O2S. The molecule has 3 aromatic rings. The van der Waals surface area contributed by atoms with E-state index in [0.717, 1.165) is 32.8 Å². The van der Waals surface area contributed by atoms with Crippen molar-refractivity contribution in [1.29, 1.82) is 0 Å². The number of aryl methyl sites for hydroxylation is 1. The summed E-state index contributed by atoms with van der Waals surface area (Å²) in [6.45, 7) is 3.25. The van der Waals surface area contributed by atoms with Gasteiger partial charge in [-0.15, -0.1) is 11.3 Å². The first-order chi connectivity index (χ1) is 11.8. The van der Waals surface area contributed by atoms with E-state index in [4.69, 9.17) is 9.47 Å². The van der Waals surface area contributed by atoms with Crippen LogP contribution >= 0.6 is 11.3 Å². The van der Waals surface area contributed by atoms with Crippen LogP contribution < -0.4 is 5.32 Å². The fraction of sp³-hybridized carbons (Fsp3) is 0.235. The van der Waals surface area contributed by atoms with E-state index in [1.807, 2.05) is 43.5 Å². The van der Waals surface area contributed by atoms with Gasteiger partial charge in [-0.2, -0.15) is 0 Å². The predicted molar refractivity (Wildman–Crippen MR) is 92.2 cm³/mol. The Balaban J connectivity index is 1.56. The van der Waals surface area contributed by atoms with E-state index < -0.39 is 0 Å². The van der Waals surface area contributed by atoms with Gasteiger partial charge in [0.2, 0.25) is 6.29 Å². The molecule has 0 saturated carbocycles. The van der Waals surface area contributed by atoms with E-state index >= 15 is 0 Å². The molecule has 1 aliphatic rings. The van der Waals surface area contributed by atoms with Crippen LogP contribution in [0.4, 0.5) is 11.6 Å². The monoisotopic (exact) mass is 340 g/mol. The normalized spacial score (nSPS) is 14.9. The van der Waals surface area contributed by atoms with E-state index in [1.54, 1.807) is 6.20 Å². The summed E-state index contributed by atoms with van der Waals surface area (Å²) in [4.78, 5) is 14.3. The van der Waals surface area contributed by atoms with Crippen LogP contribution in [0.15, 0.2) is 42.7 Å². The van der Waals surface area contributed by atoms with Gasteiger partial charge in [0.15, 0.2) is 0 Å². The molecule has 122 valence electrons. The Bertz CT molecular complexity index is 846. The number of hydrogen-bond acceptors (Lipinski definition) is 7. The zero-order valence-corrected chi connectivity index (χ0v) is 13.9. The van der Waals surface area contributed by atoms with Crippen molar-refractivity contribution >= 4 is 23.0 Å². The summed E-state index contributed by atoms with van der Waals surface area (Å²) in [7, 11) is 0. The Morgan fingerprint density at radius 1 is 1.12 bits per heavy atom. The van der Waals surface area contributed by atoms with Gasteiger partial charge >= 0.3 is 0 Å². The van der Waals surface area contributed by atoms with E-state index in [-0.39, 0.29) is 6.29 Å². The molecule has 0 bridgehead atoms. The molecule has 0 radical (unpaired) electrons. The molecule has 0 spiro atoms. The highest BCUT2D eigenvalue weighted by Gasteiger charge is 2.22. The largest absolute Gasteiger partial charge is 0.344 e. The number of hydrogen-bond donors (Lipinski definition) is 1. The van der Waals surface area contributed by atoms with Crippen molar-refractivity contribution in [2.45, 2.75) is 13.2 Å². The van der Waals surface area contributed by atoms with Gasteiger partial charge < -0.3 is 14.8 Å². The molecule has 6 nitrogen and oxygen atoms in total. The van der Waals surface area contributed by atoms with Crippen molar-refractivity contribution in [3.63, 3.8) is 0 Å². The highest BCUT2D eigenvalue weighted by atomic mass is 32.1. The number of nitrogens with one attached hydrogen (secondary N) is 1. The number of nitrogens with zero attached hydrogens (tertiary/aromatic N) is 3. The third-order valence-corrected chi connectivity index (χ3v) is 4.56. The van der Waals surface area contributed by atoms with Crippen molar-refractivity contribution in [2.75, 3.05) is 18.5 Å². The SMILES string of the molecule is Cc1ccnc(Nc2cccc(-c3cnc(C4OCCO4)s3)n2)c1.